The van der Waals surface area contributed by atoms with Crippen molar-refractivity contribution in [2.45, 2.75) is 32.1 Å². The van der Waals surface area contributed by atoms with Gasteiger partial charge >= 0.3 is 0 Å². The molecule has 0 aliphatic heterocycles. The van der Waals surface area contributed by atoms with E-state index in [2.05, 4.69) is 10.3 Å². The molecule has 1 aliphatic rings. The van der Waals surface area contributed by atoms with E-state index in [4.69, 9.17) is 11.6 Å². The molecule has 2 rings (SSSR count). The van der Waals surface area contributed by atoms with Crippen molar-refractivity contribution in [2.24, 2.45) is 5.92 Å². The Morgan fingerprint density at radius 3 is 2.69 bits per heavy atom. The number of hydrogen-bond donors (Lipinski definition) is 1. The van der Waals surface area contributed by atoms with Gasteiger partial charge in [0.25, 0.3) is 0 Å². The third-order valence-electron chi connectivity index (χ3n) is 2.95. The summed E-state index contributed by atoms with van der Waals surface area (Å²) in [6.45, 7) is 0. The molecule has 1 aromatic heterocycles. The Labute approximate surface area is 100 Å². The summed E-state index contributed by atoms with van der Waals surface area (Å²) in [5.74, 6) is 0.834. The van der Waals surface area contributed by atoms with Gasteiger partial charge in [0.05, 0.1) is 5.02 Å². The Bertz CT molecular complexity index is 358. The first-order chi connectivity index (χ1) is 7.75. The van der Waals surface area contributed by atoms with Gasteiger partial charge in [0.1, 0.15) is 5.82 Å². The summed E-state index contributed by atoms with van der Waals surface area (Å²) in [6, 6.07) is 3.45. The molecule has 1 saturated carbocycles. The van der Waals surface area contributed by atoms with E-state index in [1.54, 1.807) is 12.1 Å². The van der Waals surface area contributed by atoms with E-state index in [0.717, 1.165) is 25.7 Å². The van der Waals surface area contributed by atoms with Crippen molar-refractivity contribution in [1.82, 2.24) is 4.98 Å². The quantitative estimate of drug-likeness (QED) is 0.859. The molecule has 1 heterocycles. The molecule has 1 aromatic rings. The van der Waals surface area contributed by atoms with E-state index in [1.807, 2.05) is 0 Å². The molecule has 4 heteroatoms. The normalized spacial score (nSPS) is 17.1. The second kappa shape index (κ2) is 5.30. The summed E-state index contributed by atoms with van der Waals surface area (Å²) < 4.78 is 0. The molecule has 1 aliphatic carbocycles. The molecule has 1 amide bonds. The summed E-state index contributed by atoms with van der Waals surface area (Å²) in [5, 5.41) is 3.41. The number of anilines is 1. The number of rotatable bonds is 2. The molecule has 0 spiro atoms. The third kappa shape index (κ3) is 2.95. The van der Waals surface area contributed by atoms with Gasteiger partial charge in [-0.1, -0.05) is 30.9 Å². The largest absolute Gasteiger partial charge is 0.310 e. The monoisotopic (exact) mass is 238 g/mol. The van der Waals surface area contributed by atoms with Crippen LogP contribution < -0.4 is 5.32 Å². The summed E-state index contributed by atoms with van der Waals surface area (Å²) in [5.41, 5.74) is 0. The molecular formula is C12H15ClN2O. The fraction of sp³-hybridized carbons (Fsp3) is 0.500. The van der Waals surface area contributed by atoms with Crippen molar-refractivity contribution < 1.29 is 4.79 Å². The minimum Gasteiger partial charge on any atom is -0.310 e. The summed E-state index contributed by atoms with van der Waals surface area (Å²) >= 11 is 5.72. The van der Waals surface area contributed by atoms with Crippen molar-refractivity contribution in [3.63, 3.8) is 0 Å². The molecule has 16 heavy (non-hydrogen) atoms. The first-order valence-electron chi connectivity index (χ1n) is 5.68. The van der Waals surface area contributed by atoms with Gasteiger partial charge in [-0.3, -0.25) is 4.79 Å². The lowest BCUT2D eigenvalue weighted by molar-refractivity contribution is -0.120. The third-order valence-corrected chi connectivity index (χ3v) is 3.18. The van der Waals surface area contributed by atoms with Gasteiger partial charge in [0.15, 0.2) is 0 Å². The van der Waals surface area contributed by atoms with E-state index in [-0.39, 0.29) is 11.8 Å². The summed E-state index contributed by atoms with van der Waals surface area (Å²) in [6.07, 6.45) is 7.11. The standard InChI is InChI=1S/C12H15ClN2O/c13-10-6-7-11(14-8-10)15-12(16)9-4-2-1-3-5-9/h6-9H,1-5H2,(H,14,15,16). The van der Waals surface area contributed by atoms with Gasteiger partial charge in [-0.15, -0.1) is 0 Å². The van der Waals surface area contributed by atoms with Crippen molar-refractivity contribution in [2.75, 3.05) is 5.32 Å². The number of halogens is 1. The lowest BCUT2D eigenvalue weighted by atomic mass is 9.89. The molecule has 1 N–H and O–H groups in total. The highest BCUT2D eigenvalue weighted by molar-refractivity contribution is 6.30. The first-order valence-corrected chi connectivity index (χ1v) is 6.06. The molecule has 0 radical (unpaired) electrons. The van der Waals surface area contributed by atoms with Crippen molar-refractivity contribution in [3.05, 3.63) is 23.4 Å². The second-order valence-electron chi connectivity index (χ2n) is 4.19. The van der Waals surface area contributed by atoms with Crippen molar-refractivity contribution >= 4 is 23.3 Å². The Hall–Kier alpha value is -1.09. The van der Waals surface area contributed by atoms with Crippen LogP contribution in [0.1, 0.15) is 32.1 Å². The SMILES string of the molecule is O=C(Nc1ccc(Cl)cn1)C1CCCCC1. The first kappa shape index (κ1) is 11.4. The van der Waals surface area contributed by atoms with E-state index < -0.39 is 0 Å². The molecule has 1 fully saturated rings. The Morgan fingerprint density at radius 1 is 1.31 bits per heavy atom. The Balaban J connectivity index is 1.93. The summed E-state index contributed by atoms with van der Waals surface area (Å²) in [4.78, 5) is 15.9. The zero-order chi connectivity index (χ0) is 11.4. The second-order valence-corrected chi connectivity index (χ2v) is 4.62. The maximum atomic E-state index is 11.9. The van der Waals surface area contributed by atoms with Crippen LogP contribution in [0.3, 0.4) is 0 Å². The van der Waals surface area contributed by atoms with Crippen LogP contribution in [0, 0.1) is 5.92 Å². The maximum Gasteiger partial charge on any atom is 0.228 e. The van der Waals surface area contributed by atoms with Crippen LogP contribution in [0.4, 0.5) is 5.82 Å². The number of aromatic nitrogens is 1. The van der Waals surface area contributed by atoms with Crippen LogP contribution in [-0.4, -0.2) is 10.9 Å². The molecule has 86 valence electrons. The molecule has 0 atom stereocenters. The number of hydrogen-bond acceptors (Lipinski definition) is 2. The van der Waals surface area contributed by atoms with Gasteiger partial charge in [-0.05, 0) is 25.0 Å². The van der Waals surface area contributed by atoms with Gasteiger partial charge < -0.3 is 5.32 Å². The number of carbonyl (C=O) groups is 1. The predicted octanol–water partition coefficient (Wildman–Crippen LogP) is 3.25. The zero-order valence-electron chi connectivity index (χ0n) is 9.08. The van der Waals surface area contributed by atoms with E-state index >= 15 is 0 Å². The molecule has 3 nitrogen and oxygen atoms in total. The van der Waals surface area contributed by atoms with Gasteiger partial charge in [0.2, 0.25) is 5.91 Å². The molecule has 0 bridgehead atoms. The predicted molar refractivity (Wildman–Crippen MR) is 64.5 cm³/mol. The molecule has 0 aromatic carbocycles. The molecule has 0 saturated heterocycles. The Kier molecular flexibility index (Phi) is 3.78. The highest BCUT2D eigenvalue weighted by Gasteiger charge is 2.21. The smallest absolute Gasteiger partial charge is 0.228 e. The molecule has 0 unspecified atom stereocenters. The van der Waals surface area contributed by atoms with Gasteiger partial charge in [-0.2, -0.15) is 0 Å². The van der Waals surface area contributed by atoms with Crippen LogP contribution in [-0.2, 0) is 4.79 Å². The number of amides is 1. The van der Waals surface area contributed by atoms with E-state index in [9.17, 15) is 4.79 Å². The van der Waals surface area contributed by atoms with Crippen molar-refractivity contribution in [1.29, 1.82) is 0 Å². The average molecular weight is 239 g/mol. The fourth-order valence-electron chi connectivity index (χ4n) is 2.04. The molecular weight excluding hydrogens is 224 g/mol. The number of pyridine rings is 1. The van der Waals surface area contributed by atoms with Crippen LogP contribution in [0.2, 0.25) is 5.02 Å². The van der Waals surface area contributed by atoms with Crippen molar-refractivity contribution in [3.8, 4) is 0 Å². The summed E-state index contributed by atoms with van der Waals surface area (Å²) in [7, 11) is 0. The number of carbonyl (C=O) groups excluding carboxylic acids is 1. The van der Waals surface area contributed by atoms with Crippen LogP contribution in [0.5, 0.6) is 0 Å². The van der Waals surface area contributed by atoms with Gasteiger partial charge in [0, 0.05) is 12.1 Å². The highest BCUT2D eigenvalue weighted by atomic mass is 35.5. The lowest BCUT2D eigenvalue weighted by Gasteiger charge is -2.20. The number of nitrogens with one attached hydrogen (secondary N) is 1. The van der Waals surface area contributed by atoms with Crippen LogP contribution in [0.15, 0.2) is 18.3 Å². The lowest BCUT2D eigenvalue weighted by Crippen LogP contribution is -2.25. The van der Waals surface area contributed by atoms with Gasteiger partial charge in [-0.25, -0.2) is 4.98 Å². The highest BCUT2D eigenvalue weighted by Crippen LogP contribution is 2.24. The minimum absolute atomic E-state index is 0.0922. The van der Waals surface area contributed by atoms with Crippen LogP contribution in [0.25, 0.3) is 0 Å². The Morgan fingerprint density at radius 2 is 2.06 bits per heavy atom. The maximum absolute atomic E-state index is 11.9. The van der Waals surface area contributed by atoms with Crippen LogP contribution >= 0.6 is 11.6 Å². The number of nitrogens with zero attached hydrogens (tertiary/aromatic N) is 1. The zero-order valence-corrected chi connectivity index (χ0v) is 9.83. The topological polar surface area (TPSA) is 42.0 Å². The minimum atomic E-state index is 0.0922. The van der Waals surface area contributed by atoms with E-state index in [0.29, 0.717) is 10.8 Å². The fourth-order valence-corrected chi connectivity index (χ4v) is 2.15. The van der Waals surface area contributed by atoms with E-state index in [1.165, 1.54) is 12.6 Å². The average Bonchev–Trinajstić information content (AvgIpc) is 2.33.